The van der Waals surface area contributed by atoms with Crippen LogP contribution in [0.15, 0.2) is 35.1 Å². The van der Waals surface area contributed by atoms with E-state index in [4.69, 9.17) is 10.00 Å². The fourth-order valence-corrected chi connectivity index (χ4v) is 1.85. The molecule has 0 radical (unpaired) electrons. The van der Waals surface area contributed by atoms with Gasteiger partial charge in [0, 0.05) is 6.54 Å². The van der Waals surface area contributed by atoms with Gasteiger partial charge in [-0.3, -0.25) is 0 Å². The van der Waals surface area contributed by atoms with Gasteiger partial charge in [0.2, 0.25) is 5.88 Å². The number of aromatic nitrogens is 2. The van der Waals surface area contributed by atoms with Crippen LogP contribution in [0.1, 0.15) is 12.5 Å². The molecule has 0 fully saturated rings. The van der Waals surface area contributed by atoms with Crippen LogP contribution in [-0.2, 0) is 0 Å². The molecule has 1 heterocycles. The molecule has 0 aliphatic carbocycles. The average Bonchev–Trinajstić information content (AvgIpc) is 2.44. The van der Waals surface area contributed by atoms with E-state index in [1.165, 1.54) is 6.33 Å². The SMILES string of the molecule is CCNc1ncnc(Oc2ccc(C#N)cc2)c1Br. The molecule has 0 aliphatic heterocycles. The second kappa shape index (κ2) is 6.16. The summed E-state index contributed by atoms with van der Waals surface area (Å²) in [6.45, 7) is 2.74. The van der Waals surface area contributed by atoms with Gasteiger partial charge in [0.25, 0.3) is 0 Å². The van der Waals surface area contributed by atoms with E-state index in [0.29, 0.717) is 27.5 Å². The summed E-state index contributed by atoms with van der Waals surface area (Å²) in [6, 6.07) is 8.88. The molecule has 2 aromatic rings. The minimum Gasteiger partial charge on any atom is -0.438 e. The molecule has 1 N–H and O–H groups in total. The van der Waals surface area contributed by atoms with Crippen molar-refractivity contribution in [3.05, 3.63) is 40.6 Å². The van der Waals surface area contributed by atoms with Crippen molar-refractivity contribution >= 4 is 21.7 Å². The van der Waals surface area contributed by atoms with Gasteiger partial charge in [0.15, 0.2) is 0 Å². The van der Waals surface area contributed by atoms with Gasteiger partial charge >= 0.3 is 0 Å². The van der Waals surface area contributed by atoms with E-state index in [-0.39, 0.29) is 0 Å². The van der Waals surface area contributed by atoms with Gasteiger partial charge in [0.1, 0.15) is 22.4 Å². The zero-order valence-corrected chi connectivity index (χ0v) is 11.8. The van der Waals surface area contributed by atoms with E-state index in [0.717, 1.165) is 6.54 Å². The molecular weight excluding hydrogens is 308 g/mol. The van der Waals surface area contributed by atoms with Crippen LogP contribution in [0.5, 0.6) is 11.6 Å². The number of nitriles is 1. The van der Waals surface area contributed by atoms with Crippen molar-refractivity contribution in [3.8, 4) is 17.7 Å². The van der Waals surface area contributed by atoms with Crippen LogP contribution in [0.25, 0.3) is 0 Å². The fraction of sp³-hybridized carbons (Fsp3) is 0.154. The molecule has 0 spiro atoms. The van der Waals surface area contributed by atoms with Crippen molar-refractivity contribution in [1.29, 1.82) is 5.26 Å². The van der Waals surface area contributed by atoms with Gasteiger partial charge in [0.05, 0.1) is 11.6 Å². The van der Waals surface area contributed by atoms with Gasteiger partial charge < -0.3 is 10.1 Å². The molecule has 0 atom stereocenters. The van der Waals surface area contributed by atoms with E-state index in [9.17, 15) is 0 Å². The van der Waals surface area contributed by atoms with E-state index < -0.39 is 0 Å². The molecule has 1 aromatic carbocycles. The van der Waals surface area contributed by atoms with Crippen LogP contribution in [0.4, 0.5) is 5.82 Å². The Hall–Kier alpha value is -2.13. The molecule has 1 aromatic heterocycles. The first kappa shape index (κ1) is 13.3. The second-order valence-corrected chi connectivity index (χ2v) is 4.40. The molecule has 2 rings (SSSR count). The lowest BCUT2D eigenvalue weighted by Gasteiger charge is -2.09. The van der Waals surface area contributed by atoms with Crippen molar-refractivity contribution in [3.63, 3.8) is 0 Å². The third-order valence-electron chi connectivity index (χ3n) is 2.30. The Labute approximate surface area is 119 Å². The molecule has 6 heteroatoms. The number of nitrogens with zero attached hydrogens (tertiary/aromatic N) is 3. The number of benzene rings is 1. The first-order valence-corrected chi connectivity index (χ1v) is 6.46. The molecule has 0 bridgehead atoms. The van der Waals surface area contributed by atoms with Gasteiger partial charge in [-0.2, -0.15) is 5.26 Å². The van der Waals surface area contributed by atoms with Crippen LogP contribution in [0.3, 0.4) is 0 Å². The normalized spacial score (nSPS) is 9.74. The number of ether oxygens (including phenoxy) is 1. The third-order valence-corrected chi connectivity index (χ3v) is 3.01. The summed E-state index contributed by atoms with van der Waals surface area (Å²) < 4.78 is 6.32. The molecule has 0 saturated heterocycles. The maximum absolute atomic E-state index is 8.73. The minimum absolute atomic E-state index is 0.427. The highest BCUT2D eigenvalue weighted by molar-refractivity contribution is 9.10. The summed E-state index contributed by atoms with van der Waals surface area (Å²) >= 11 is 3.40. The second-order valence-electron chi connectivity index (χ2n) is 3.61. The summed E-state index contributed by atoms with van der Waals surface area (Å²) in [6.07, 6.45) is 1.43. The Morgan fingerprint density at radius 3 is 2.68 bits per heavy atom. The Morgan fingerprint density at radius 2 is 2.05 bits per heavy atom. The lowest BCUT2D eigenvalue weighted by Crippen LogP contribution is -2.02. The highest BCUT2D eigenvalue weighted by Crippen LogP contribution is 2.31. The summed E-state index contributed by atoms with van der Waals surface area (Å²) in [5, 5.41) is 11.8. The molecule has 0 unspecified atom stereocenters. The van der Waals surface area contributed by atoms with Crippen molar-refractivity contribution in [2.45, 2.75) is 6.92 Å². The predicted octanol–water partition coefficient (Wildman–Crippen LogP) is 3.33. The quantitative estimate of drug-likeness (QED) is 0.936. The van der Waals surface area contributed by atoms with Crippen molar-refractivity contribution in [1.82, 2.24) is 9.97 Å². The van der Waals surface area contributed by atoms with Crippen LogP contribution in [-0.4, -0.2) is 16.5 Å². The summed E-state index contributed by atoms with van der Waals surface area (Å²) in [5.41, 5.74) is 0.586. The van der Waals surface area contributed by atoms with E-state index in [2.05, 4.69) is 37.3 Å². The highest BCUT2D eigenvalue weighted by Gasteiger charge is 2.10. The van der Waals surface area contributed by atoms with Crippen molar-refractivity contribution < 1.29 is 4.74 Å². The van der Waals surface area contributed by atoms with Crippen LogP contribution in [0, 0.1) is 11.3 Å². The van der Waals surface area contributed by atoms with Crippen molar-refractivity contribution in [2.75, 3.05) is 11.9 Å². The largest absolute Gasteiger partial charge is 0.438 e. The average molecular weight is 319 g/mol. The standard InChI is InChI=1S/C13H11BrN4O/c1-2-16-12-11(14)13(18-8-17-12)19-10-5-3-9(7-15)4-6-10/h3-6,8H,2H2,1H3,(H,16,17,18). The first-order chi connectivity index (χ1) is 9.24. The topological polar surface area (TPSA) is 70.8 Å². The molecule has 0 saturated carbocycles. The maximum atomic E-state index is 8.73. The van der Waals surface area contributed by atoms with Gasteiger partial charge in [-0.1, -0.05) is 0 Å². The molecule has 0 aliphatic rings. The Bertz CT molecular complexity index is 607. The number of nitrogens with one attached hydrogen (secondary N) is 1. The number of rotatable bonds is 4. The monoisotopic (exact) mass is 318 g/mol. The Morgan fingerprint density at radius 1 is 1.32 bits per heavy atom. The zero-order valence-electron chi connectivity index (χ0n) is 10.2. The molecule has 96 valence electrons. The van der Waals surface area contributed by atoms with E-state index >= 15 is 0 Å². The van der Waals surface area contributed by atoms with E-state index in [1.54, 1.807) is 24.3 Å². The molecule has 5 nitrogen and oxygen atoms in total. The highest BCUT2D eigenvalue weighted by atomic mass is 79.9. The fourth-order valence-electron chi connectivity index (χ4n) is 1.42. The van der Waals surface area contributed by atoms with Crippen LogP contribution < -0.4 is 10.1 Å². The van der Waals surface area contributed by atoms with Gasteiger partial charge in [-0.15, -0.1) is 0 Å². The van der Waals surface area contributed by atoms with Crippen LogP contribution in [0.2, 0.25) is 0 Å². The number of hydrogen-bond acceptors (Lipinski definition) is 5. The van der Waals surface area contributed by atoms with E-state index in [1.807, 2.05) is 6.92 Å². The van der Waals surface area contributed by atoms with Gasteiger partial charge in [-0.25, -0.2) is 9.97 Å². The van der Waals surface area contributed by atoms with Gasteiger partial charge in [-0.05, 0) is 47.1 Å². The predicted molar refractivity (Wildman–Crippen MR) is 75.1 cm³/mol. The smallest absolute Gasteiger partial charge is 0.238 e. The lowest BCUT2D eigenvalue weighted by atomic mass is 10.2. The Kier molecular flexibility index (Phi) is 4.31. The third kappa shape index (κ3) is 3.20. The number of anilines is 1. The number of hydrogen-bond donors (Lipinski definition) is 1. The summed E-state index contributed by atoms with van der Waals surface area (Å²) in [4.78, 5) is 8.18. The number of halogens is 1. The molecule has 19 heavy (non-hydrogen) atoms. The van der Waals surface area contributed by atoms with Crippen LogP contribution >= 0.6 is 15.9 Å². The van der Waals surface area contributed by atoms with Crippen molar-refractivity contribution in [2.24, 2.45) is 0 Å². The minimum atomic E-state index is 0.427. The zero-order chi connectivity index (χ0) is 13.7. The molecular formula is C13H11BrN4O. The summed E-state index contributed by atoms with van der Waals surface area (Å²) in [5.74, 6) is 1.72. The molecule has 0 amide bonds. The lowest BCUT2D eigenvalue weighted by molar-refractivity contribution is 0.458. The summed E-state index contributed by atoms with van der Waals surface area (Å²) in [7, 11) is 0. The Balaban J connectivity index is 2.23. The maximum Gasteiger partial charge on any atom is 0.238 e. The first-order valence-electron chi connectivity index (χ1n) is 5.67.